The molecule has 1 heterocycles. The average molecular weight is 251 g/mol. The topological polar surface area (TPSA) is 49.0 Å². The van der Waals surface area contributed by atoms with Gasteiger partial charge in [0.1, 0.15) is 5.82 Å². The minimum absolute atomic E-state index is 0.0842. The number of nitrogens with one attached hydrogen (secondary N) is 1. The van der Waals surface area contributed by atoms with E-state index in [1.807, 2.05) is 0 Å². The fourth-order valence-electron chi connectivity index (χ4n) is 1.70. The molecular formula is C14H25N3O. The Kier molecular flexibility index (Phi) is 5.89. The molecule has 102 valence electrons. The van der Waals surface area contributed by atoms with Crippen molar-refractivity contribution in [3.8, 4) is 0 Å². The molecule has 0 aliphatic rings. The number of aromatic nitrogens is 2. The van der Waals surface area contributed by atoms with E-state index in [1.54, 1.807) is 6.07 Å². The molecule has 0 aromatic carbocycles. The SMILES string of the molecule is CC(C)CCN(CCC(C)C)c1cc(=O)[nH]cn1. The van der Waals surface area contributed by atoms with Crippen LogP contribution in [0.1, 0.15) is 40.5 Å². The zero-order chi connectivity index (χ0) is 13.5. The van der Waals surface area contributed by atoms with Crippen molar-refractivity contribution in [2.75, 3.05) is 18.0 Å². The molecule has 1 aromatic heterocycles. The van der Waals surface area contributed by atoms with E-state index in [0.29, 0.717) is 11.8 Å². The maximum atomic E-state index is 11.3. The number of H-pyrrole nitrogens is 1. The van der Waals surface area contributed by atoms with Crippen LogP contribution in [0.3, 0.4) is 0 Å². The van der Waals surface area contributed by atoms with Crippen LogP contribution in [0.4, 0.5) is 5.82 Å². The van der Waals surface area contributed by atoms with E-state index in [0.717, 1.165) is 31.7 Å². The highest BCUT2D eigenvalue weighted by molar-refractivity contribution is 5.36. The fourth-order valence-corrected chi connectivity index (χ4v) is 1.70. The van der Waals surface area contributed by atoms with Crippen LogP contribution in [-0.2, 0) is 0 Å². The first-order valence-corrected chi connectivity index (χ1v) is 6.78. The van der Waals surface area contributed by atoms with Gasteiger partial charge in [0.2, 0.25) is 0 Å². The van der Waals surface area contributed by atoms with E-state index in [4.69, 9.17) is 0 Å². The quantitative estimate of drug-likeness (QED) is 0.810. The number of rotatable bonds is 7. The first-order valence-electron chi connectivity index (χ1n) is 6.78. The summed E-state index contributed by atoms with van der Waals surface area (Å²) in [5, 5.41) is 0. The molecule has 0 amide bonds. The second-order valence-electron chi connectivity index (χ2n) is 5.62. The Labute approximate surface area is 109 Å². The van der Waals surface area contributed by atoms with E-state index in [2.05, 4.69) is 42.6 Å². The molecule has 4 nitrogen and oxygen atoms in total. The van der Waals surface area contributed by atoms with Gasteiger partial charge >= 0.3 is 0 Å². The molecule has 1 rings (SSSR count). The van der Waals surface area contributed by atoms with Crippen molar-refractivity contribution >= 4 is 5.82 Å². The minimum Gasteiger partial charge on any atom is -0.356 e. The Morgan fingerprint density at radius 1 is 1.17 bits per heavy atom. The van der Waals surface area contributed by atoms with Crippen molar-refractivity contribution in [2.45, 2.75) is 40.5 Å². The molecule has 0 radical (unpaired) electrons. The van der Waals surface area contributed by atoms with Crippen LogP contribution in [0.5, 0.6) is 0 Å². The summed E-state index contributed by atoms with van der Waals surface area (Å²) in [6.45, 7) is 10.8. The molecule has 18 heavy (non-hydrogen) atoms. The van der Waals surface area contributed by atoms with Gasteiger partial charge in [0.25, 0.3) is 5.56 Å². The number of hydrogen-bond donors (Lipinski definition) is 1. The van der Waals surface area contributed by atoms with Crippen LogP contribution in [0.15, 0.2) is 17.2 Å². The minimum atomic E-state index is -0.0842. The van der Waals surface area contributed by atoms with Gasteiger partial charge in [0.15, 0.2) is 0 Å². The maximum absolute atomic E-state index is 11.3. The van der Waals surface area contributed by atoms with Crippen molar-refractivity contribution in [1.82, 2.24) is 9.97 Å². The summed E-state index contributed by atoms with van der Waals surface area (Å²) >= 11 is 0. The second-order valence-corrected chi connectivity index (χ2v) is 5.62. The summed E-state index contributed by atoms with van der Waals surface area (Å²) in [4.78, 5) is 20.4. The van der Waals surface area contributed by atoms with Gasteiger partial charge in [-0.05, 0) is 24.7 Å². The lowest BCUT2D eigenvalue weighted by molar-refractivity contribution is 0.532. The molecule has 0 fully saturated rings. The third-order valence-electron chi connectivity index (χ3n) is 2.94. The lowest BCUT2D eigenvalue weighted by Crippen LogP contribution is -2.29. The number of anilines is 1. The highest BCUT2D eigenvalue weighted by Gasteiger charge is 2.10. The van der Waals surface area contributed by atoms with Gasteiger partial charge in [-0.1, -0.05) is 27.7 Å². The molecule has 0 atom stereocenters. The zero-order valence-electron chi connectivity index (χ0n) is 11.9. The smallest absolute Gasteiger partial charge is 0.252 e. The summed E-state index contributed by atoms with van der Waals surface area (Å²) in [5.74, 6) is 2.11. The average Bonchev–Trinajstić information content (AvgIpc) is 2.28. The van der Waals surface area contributed by atoms with Crippen LogP contribution in [0, 0.1) is 11.8 Å². The van der Waals surface area contributed by atoms with Gasteiger partial charge in [-0.25, -0.2) is 4.98 Å². The Morgan fingerprint density at radius 3 is 2.17 bits per heavy atom. The van der Waals surface area contributed by atoms with Crippen molar-refractivity contribution in [3.63, 3.8) is 0 Å². The van der Waals surface area contributed by atoms with E-state index in [1.165, 1.54) is 6.33 Å². The lowest BCUT2D eigenvalue weighted by Gasteiger charge is -2.25. The van der Waals surface area contributed by atoms with Gasteiger partial charge in [0, 0.05) is 19.2 Å². The lowest BCUT2D eigenvalue weighted by atomic mass is 10.1. The third-order valence-corrected chi connectivity index (χ3v) is 2.94. The largest absolute Gasteiger partial charge is 0.356 e. The first kappa shape index (κ1) is 14.7. The Hall–Kier alpha value is -1.32. The van der Waals surface area contributed by atoms with E-state index in [-0.39, 0.29) is 5.56 Å². The molecule has 1 N–H and O–H groups in total. The molecule has 0 bridgehead atoms. The highest BCUT2D eigenvalue weighted by Crippen LogP contribution is 2.12. The van der Waals surface area contributed by atoms with Gasteiger partial charge in [0.05, 0.1) is 6.33 Å². The van der Waals surface area contributed by atoms with Gasteiger partial charge < -0.3 is 9.88 Å². The van der Waals surface area contributed by atoms with E-state index < -0.39 is 0 Å². The normalized spacial score (nSPS) is 11.2. The number of nitrogens with zero attached hydrogens (tertiary/aromatic N) is 2. The molecule has 0 aliphatic heterocycles. The fraction of sp³-hybridized carbons (Fsp3) is 0.714. The van der Waals surface area contributed by atoms with Crippen LogP contribution in [0.2, 0.25) is 0 Å². The standard InChI is InChI=1S/C14H25N3O/c1-11(2)5-7-17(8-6-12(3)4)13-9-14(18)16-10-15-13/h9-12H,5-8H2,1-4H3,(H,15,16,18). The predicted octanol–water partition coefficient (Wildman–Crippen LogP) is 2.67. The summed E-state index contributed by atoms with van der Waals surface area (Å²) in [6.07, 6.45) is 3.72. The van der Waals surface area contributed by atoms with Crippen molar-refractivity contribution in [2.24, 2.45) is 11.8 Å². The van der Waals surface area contributed by atoms with Crippen molar-refractivity contribution < 1.29 is 0 Å². The molecular weight excluding hydrogens is 226 g/mol. The van der Waals surface area contributed by atoms with E-state index >= 15 is 0 Å². The Morgan fingerprint density at radius 2 is 1.72 bits per heavy atom. The summed E-state index contributed by atoms with van der Waals surface area (Å²) in [5.41, 5.74) is -0.0842. The Bertz CT molecular complexity index is 386. The summed E-state index contributed by atoms with van der Waals surface area (Å²) < 4.78 is 0. The zero-order valence-corrected chi connectivity index (χ0v) is 11.9. The summed E-state index contributed by atoms with van der Waals surface area (Å²) in [7, 11) is 0. The van der Waals surface area contributed by atoms with Crippen LogP contribution >= 0.6 is 0 Å². The van der Waals surface area contributed by atoms with Crippen molar-refractivity contribution in [1.29, 1.82) is 0 Å². The maximum Gasteiger partial charge on any atom is 0.252 e. The molecule has 4 heteroatoms. The van der Waals surface area contributed by atoms with Crippen LogP contribution in [0.25, 0.3) is 0 Å². The Balaban J connectivity index is 2.72. The monoisotopic (exact) mass is 251 g/mol. The number of hydrogen-bond acceptors (Lipinski definition) is 3. The molecule has 0 saturated carbocycles. The molecule has 0 aliphatic carbocycles. The highest BCUT2D eigenvalue weighted by atomic mass is 16.1. The van der Waals surface area contributed by atoms with E-state index in [9.17, 15) is 4.79 Å². The molecule has 1 aromatic rings. The molecule has 0 saturated heterocycles. The second kappa shape index (κ2) is 7.19. The van der Waals surface area contributed by atoms with Gasteiger partial charge in [-0.2, -0.15) is 0 Å². The predicted molar refractivity (Wildman–Crippen MR) is 76.0 cm³/mol. The molecule has 0 unspecified atom stereocenters. The summed E-state index contributed by atoms with van der Waals surface area (Å²) in [6, 6.07) is 1.58. The van der Waals surface area contributed by atoms with Crippen molar-refractivity contribution in [3.05, 3.63) is 22.7 Å². The van der Waals surface area contributed by atoms with Crippen LogP contribution < -0.4 is 10.5 Å². The van der Waals surface area contributed by atoms with Gasteiger partial charge in [-0.15, -0.1) is 0 Å². The first-order chi connectivity index (χ1) is 8.49. The van der Waals surface area contributed by atoms with Crippen LogP contribution in [-0.4, -0.2) is 23.1 Å². The van der Waals surface area contributed by atoms with Gasteiger partial charge in [-0.3, -0.25) is 4.79 Å². The third kappa shape index (κ3) is 5.34. The number of aromatic amines is 1. The molecule has 0 spiro atoms.